The molecule has 0 atom stereocenters. The molecule has 0 unspecified atom stereocenters. The van der Waals surface area contributed by atoms with Crippen LogP contribution in [0.15, 0.2) is 28.7 Å². The number of aromatic hydroxyl groups is 1. The first-order chi connectivity index (χ1) is 8.11. The van der Waals surface area contributed by atoms with Crippen LogP contribution in [0.4, 0.5) is 5.82 Å². The number of anilines is 1. The lowest BCUT2D eigenvalue weighted by Gasteiger charge is -2.08. The van der Waals surface area contributed by atoms with Gasteiger partial charge in [-0.15, -0.1) is 0 Å². The van der Waals surface area contributed by atoms with Crippen LogP contribution in [0.1, 0.15) is 5.69 Å². The van der Waals surface area contributed by atoms with Gasteiger partial charge in [0.2, 0.25) is 0 Å². The van der Waals surface area contributed by atoms with Gasteiger partial charge < -0.3 is 10.4 Å². The monoisotopic (exact) mass is 293 g/mol. The van der Waals surface area contributed by atoms with Crippen LogP contribution in [-0.2, 0) is 0 Å². The third-order valence-corrected chi connectivity index (χ3v) is 3.33. The summed E-state index contributed by atoms with van der Waals surface area (Å²) in [4.78, 5) is 8.80. The second-order valence-corrected chi connectivity index (χ2v) is 4.39. The maximum atomic E-state index is 9.24. The number of nitrogens with zero attached hydrogens (tertiary/aromatic N) is 2. The van der Waals surface area contributed by atoms with Crippen molar-refractivity contribution < 1.29 is 5.11 Å². The van der Waals surface area contributed by atoms with E-state index in [0.717, 1.165) is 21.5 Å². The highest BCUT2D eigenvalue weighted by Gasteiger charge is 2.09. The van der Waals surface area contributed by atoms with Gasteiger partial charge >= 0.3 is 0 Å². The van der Waals surface area contributed by atoms with E-state index >= 15 is 0 Å². The van der Waals surface area contributed by atoms with Gasteiger partial charge in [0.15, 0.2) is 5.82 Å². The van der Waals surface area contributed by atoms with Gasteiger partial charge in [-0.25, -0.2) is 9.97 Å². The molecule has 0 bridgehead atoms. The minimum Gasteiger partial charge on any atom is -0.508 e. The van der Waals surface area contributed by atoms with Gasteiger partial charge in [-0.05, 0) is 47.1 Å². The molecule has 1 aromatic heterocycles. The second kappa shape index (κ2) is 4.71. The minimum absolute atomic E-state index is 0.233. The normalized spacial score (nSPS) is 10.3. The van der Waals surface area contributed by atoms with E-state index in [1.807, 2.05) is 14.0 Å². The van der Waals surface area contributed by atoms with E-state index in [1.165, 1.54) is 0 Å². The molecular weight excluding hydrogens is 282 g/mol. The van der Waals surface area contributed by atoms with E-state index in [1.54, 1.807) is 24.3 Å². The van der Waals surface area contributed by atoms with Crippen LogP contribution >= 0.6 is 15.9 Å². The van der Waals surface area contributed by atoms with E-state index in [-0.39, 0.29) is 5.75 Å². The summed E-state index contributed by atoms with van der Waals surface area (Å²) >= 11 is 3.43. The molecule has 2 N–H and O–H groups in total. The Labute approximate surface area is 108 Å². The van der Waals surface area contributed by atoms with Crippen LogP contribution in [0, 0.1) is 6.92 Å². The predicted octanol–water partition coefficient (Wildman–Crippen LogP) is 2.96. The van der Waals surface area contributed by atoms with Crippen molar-refractivity contribution in [1.82, 2.24) is 9.97 Å². The fourth-order valence-electron chi connectivity index (χ4n) is 1.46. The lowest BCUT2D eigenvalue weighted by molar-refractivity contribution is 0.475. The molecule has 2 aromatic rings. The molecule has 0 aliphatic carbocycles. The smallest absolute Gasteiger partial charge is 0.161 e. The molecule has 0 aliphatic rings. The van der Waals surface area contributed by atoms with E-state index in [2.05, 4.69) is 31.2 Å². The third-order valence-electron chi connectivity index (χ3n) is 2.38. The SMILES string of the molecule is CNc1nc(-c2ccc(O)cc2)nc(C)c1Br. The average Bonchev–Trinajstić information content (AvgIpc) is 2.33. The first-order valence-electron chi connectivity index (χ1n) is 5.13. The summed E-state index contributed by atoms with van der Waals surface area (Å²) in [5.74, 6) is 1.62. The summed E-state index contributed by atoms with van der Waals surface area (Å²) in [6.45, 7) is 1.91. The molecule has 17 heavy (non-hydrogen) atoms. The number of hydrogen-bond acceptors (Lipinski definition) is 4. The Morgan fingerprint density at radius 2 is 1.82 bits per heavy atom. The van der Waals surface area contributed by atoms with E-state index < -0.39 is 0 Å². The first-order valence-corrected chi connectivity index (χ1v) is 5.92. The number of hydrogen-bond donors (Lipinski definition) is 2. The van der Waals surface area contributed by atoms with Crippen LogP contribution in [0.3, 0.4) is 0 Å². The van der Waals surface area contributed by atoms with E-state index in [9.17, 15) is 5.11 Å². The summed E-state index contributed by atoms with van der Waals surface area (Å²) in [7, 11) is 1.81. The zero-order valence-corrected chi connectivity index (χ0v) is 11.1. The Hall–Kier alpha value is -1.62. The van der Waals surface area contributed by atoms with Crippen molar-refractivity contribution in [3.05, 3.63) is 34.4 Å². The Kier molecular flexibility index (Phi) is 3.28. The van der Waals surface area contributed by atoms with Crippen molar-refractivity contribution in [1.29, 1.82) is 0 Å². The van der Waals surface area contributed by atoms with Crippen molar-refractivity contribution in [3.8, 4) is 17.1 Å². The molecule has 0 aliphatic heterocycles. The quantitative estimate of drug-likeness (QED) is 0.894. The first kappa shape index (κ1) is 11.9. The van der Waals surface area contributed by atoms with Gasteiger partial charge in [0.1, 0.15) is 11.6 Å². The van der Waals surface area contributed by atoms with Crippen LogP contribution in [0.25, 0.3) is 11.4 Å². The summed E-state index contributed by atoms with van der Waals surface area (Å²) < 4.78 is 0.863. The van der Waals surface area contributed by atoms with Gasteiger partial charge in [-0.1, -0.05) is 0 Å². The predicted molar refractivity (Wildman–Crippen MR) is 71.1 cm³/mol. The molecule has 0 radical (unpaired) electrons. The Morgan fingerprint density at radius 3 is 2.41 bits per heavy atom. The maximum Gasteiger partial charge on any atom is 0.161 e. The standard InChI is InChI=1S/C12H12BrN3O/c1-7-10(13)12(14-2)16-11(15-7)8-3-5-9(17)6-4-8/h3-6,17H,1-2H3,(H,14,15,16). The Morgan fingerprint density at radius 1 is 1.18 bits per heavy atom. The van der Waals surface area contributed by atoms with E-state index in [0.29, 0.717) is 5.82 Å². The lowest BCUT2D eigenvalue weighted by atomic mass is 10.2. The minimum atomic E-state index is 0.233. The Balaban J connectivity index is 2.52. The number of nitrogens with one attached hydrogen (secondary N) is 1. The highest BCUT2D eigenvalue weighted by atomic mass is 79.9. The van der Waals surface area contributed by atoms with Gasteiger partial charge in [0, 0.05) is 12.6 Å². The number of halogens is 1. The molecule has 0 amide bonds. The van der Waals surface area contributed by atoms with Gasteiger partial charge in [0.05, 0.1) is 10.2 Å². The summed E-state index contributed by atoms with van der Waals surface area (Å²) in [6, 6.07) is 6.82. The van der Waals surface area contributed by atoms with Gasteiger partial charge in [0.25, 0.3) is 0 Å². The molecule has 5 heteroatoms. The summed E-state index contributed by atoms with van der Waals surface area (Å²) in [5, 5.41) is 12.3. The van der Waals surface area contributed by atoms with Crippen molar-refractivity contribution >= 4 is 21.7 Å². The van der Waals surface area contributed by atoms with Crippen LogP contribution in [0.2, 0.25) is 0 Å². The van der Waals surface area contributed by atoms with E-state index in [4.69, 9.17) is 0 Å². The fourth-order valence-corrected chi connectivity index (χ4v) is 1.84. The number of rotatable bonds is 2. The molecule has 1 aromatic carbocycles. The number of phenolic OH excluding ortho intramolecular Hbond substituents is 1. The number of aromatic nitrogens is 2. The molecule has 0 saturated carbocycles. The van der Waals surface area contributed by atoms with Crippen molar-refractivity contribution in [2.24, 2.45) is 0 Å². The highest BCUT2D eigenvalue weighted by Crippen LogP contribution is 2.26. The van der Waals surface area contributed by atoms with Gasteiger partial charge in [-0.3, -0.25) is 0 Å². The second-order valence-electron chi connectivity index (χ2n) is 3.59. The molecule has 88 valence electrons. The Bertz CT molecular complexity index is 540. The van der Waals surface area contributed by atoms with Gasteiger partial charge in [-0.2, -0.15) is 0 Å². The fraction of sp³-hybridized carbons (Fsp3) is 0.167. The molecule has 0 fully saturated rings. The number of benzene rings is 1. The van der Waals surface area contributed by atoms with Crippen LogP contribution in [0.5, 0.6) is 5.75 Å². The van der Waals surface area contributed by atoms with Crippen molar-refractivity contribution in [2.45, 2.75) is 6.92 Å². The zero-order chi connectivity index (χ0) is 12.4. The topological polar surface area (TPSA) is 58.0 Å². The molecular formula is C12H12BrN3O. The molecule has 4 nitrogen and oxygen atoms in total. The maximum absolute atomic E-state index is 9.24. The largest absolute Gasteiger partial charge is 0.508 e. The third kappa shape index (κ3) is 2.39. The lowest BCUT2D eigenvalue weighted by Crippen LogP contribution is -2.00. The summed E-state index contributed by atoms with van der Waals surface area (Å²) in [5.41, 5.74) is 1.74. The zero-order valence-electron chi connectivity index (χ0n) is 9.53. The highest BCUT2D eigenvalue weighted by molar-refractivity contribution is 9.10. The number of phenols is 1. The average molecular weight is 294 g/mol. The van der Waals surface area contributed by atoms with Crippen LogP contribution in [-0.4, -0.2) is 22.1 Å². The van der Waals surface area contributed by atoms with Crippen molar-refractivity contribution in [3.63, 3.8) is 0 Å². The molecule has 0 spiro atoms. The summed E-state index contributed by atoms with van der Waals surface area (Å²) in [6.07, 6.45) is 0. The molecule has 1 heterocycles. The van der Waals surface area contributed by atoms with Crippen LogP contribution < -0.4 is 5.32 Å². The molecule has 0 saturated heterocycles. The van der Waals surface area contributed by atoms with Crippen molar-refractivity contribution in [2.75, 3.05) is 12.4 Å². The molecule has 2 rings (SSSR count). The number of aryl methyl sites for hydroxylation is 1.